The smallest absolute Gasteiger partial charge is 0.0000488 e. The molecule has 0 aliphatic carbocycles. The maximum absolute atomic E-state index is 3.22. The normalized spacial score (nSPS) is 12.0. The Kier molecular flexibility index (Phi) is 4.71. The maximum atomic E-state index is 3.22. The molecular weight excluding hydrogens is 122 g/mol. The molecule has 0 saturated carbocycles. The van der Waals surface area contributed by atoms with Crippen molar-refractivity contribution >= 4 is 0 Å². The Bertz CT molecular complexity index is 76.8. The van der Waals surface area contributed by atoms with Gasteiger partial charge in [-0.25, -0.2) is 0 Å². The molecule has 0 saturated heterocycles. The summed E-state index contributed by atoms with van der Waals surface area (Å²) in [5.41, 5.74) is 0.491. The van der Waals surface area contributed by atoms with Crippen LogP contribution in [0.4, 0.5) is 0 Å². The van der Waals surface area contributed by atoms with Crippen molar-refractivity contribution in [1.82, 2.24) is 5.32 Å². The third-order valence-corrected chi connectivity index (χ3v) is 1.86. The van der Waals surface area contributed by atoms with Gasteiger partial charge in [-0.3, -0.25) is 0 Å². The van der Waals surface area contributed by atoms with Gasteiger partial charge < -0.3 is 5.32 Å². The average Bonchev–Trinajstić information content (AvgIpc) is 1.84. The molecule has 0 rings (SSSR count). The van der Waals surface area contributed by atoms with E-state index < -0.39 is 0 Å². The molecule has 0 heterocycles. The van der Waals surface area contributed by atoms with Gasteiger partial charge in [-0.15, -0.1) is 0 Å². The molecule has 1 nitrogen and oxygen atoms in total. The van der Waals surface area contributed by atoms with Crippen LogP contribution in [0.15, 0.2) is 0 Å². The van der Waals surface area contributed by atoms with Crippen LogP contribution < -0.4 is 5.32 Å². The topological polar surface area (TPSA) is 12.0 Å². The van der Waals surface area contributed by atoms with Crippen molar-refractivity contribution in [3.8, 4) is 0 Å². The molecule has 0 radical (unpaired) electrons. The van der Waals surface area contributed by atoms with Gasteiger partial charge in [0.25, 0.3) is 0 Å². The van der Waals surface area contributed by atoms with Gasteiger partial charge in [-0.1, -0.05) is 33.6 Å². The highest BCUT2D eigenvalue weighted by molar-refractivity contribution is 4.69. The fourth-order valence-electron chi connectivity index (χ4n) is 1.22. The standard InChI is InChI=1S/C9H21N/c1-5-6-7-9(2,3)8-10-4/h10H,5-8H2,1-4H3. The Hall–Kier alpha value is -0.0400. The van der Waals surface area contributed by atoms with E-state index in [1.807, 2.05) is 7.05 Å². The van der Waals surface area contributed by atoms with Crippen molar-refractivity contribution in [3.63, 3.8) is 0 Å². The second kappa shape index (κ2) is 4.73. The largest absolute Gasteiger partial charge is 0.319 e. The molecule has 1 heteroatoms. The van der Waals surface area contributed by atoms with Crippen LogP contribution in [0.2, 0.25) is 0 Å². The number of rotatable bonds is 5. The molecule has 0 fully saturated rings. The Morgan fingerprint density at radius 1 is 1.30 bits per heavy atom. The van der Waals surface area contributed by atoms with Crippen LogP contribution in [-0.2, 0) is 0 Å². The van der Waals surface area contributed by atoms with Gasteiger partial charge in [0.2, 0.25) is 0 Å². The summed E-state index contributed by atoms with van der Waals surface area (Å²) < 4.78 is 0. The van der Waals surface area contributed by atoms with E-state index >= 15 is 0 Å². The highest BCUT2D eigenvalue weighted by Gasteiger charge is 2.14. The van der Waals surface area contributed by atoms with Crippen LogP contribution in [0.3, 0.4) is 0 Å². The number of hydrogen-bond acceptors (Lipinski definition) is 1. The third kappa shape index (κ3) is 4.80. The van der Waals surface area contributed by atoms with Crippen molar-refractivity contribution in [2.75, 3.05) is 13.6 Å². The summed E-state index contributed by atoms with van der Waals surface area (Å²) in [6, 6.07) is 0. The first kappa shape index (κ1) is 9.96. The van der Waals surface area contributed by atoms with Crippen LogP contribution in [0.25, 0.3) is 0 Å². The van der Waals surface area contributed by atoms with Crippen molar-refractivity contribution in [3.05, 3.63) is 0 Å². The Morgan fingerprint density at radius 2 is 1.90 bits per heavy atom. The van der Waals surface area contributed by atoms with Gasteiger partial charge in [0.15, 0.2) is 0 Å². The van der Waals surface area contributed by atoms with E-state index in [2.05, 4.69) is 26.1 Å². The van der Waals surface area contributed by atoms with E-state index in [1.165, 1.54) is 19.3 Å². The summed E-state index contributed by atoms with van der Waals surface area (Å²) >= 11 is 0. The zero-order chi connectivity index (χ0) is 8.04. The summed E-state index contributed by atoms with van der Waals surface area (Å²) in [6.45, 7) is 8.01. The van der Waals surface area contributed by atoms with Gasteiger partial charge in [0.1, 0.15) is 0 Å². The lowest BCUT2D eigenvalue weighted by molar-refractivity contribution is 0.314. The molecule has 0 atom stereocenters. The lowest BCUT2D eigenvalue weighted by Crippen LogP contribution is -2.26. The van der Waals surface area contributed by atoms with E-state index in [1.54, 1.807) is 0 Å². The molecule has 10 heavy (non-hydrogen) atoms. The minimum absolute atomic E-state index is 0.491. The Labute approximate surface area is 65.2 Å². The first-order valence-corrected chi connectivity index (χ1v) is 4.27. The van der Waals surface area contributed by atoms with E-state index in [0.29, 0.717) is 5.41 Å². The van der Waals surface area contributed by atoms with Crippen molar-refractivity contribution in [2.24, 2.45) is 5.41 Å². The van der Waals surface area contributed by atoms with Crippen LogP contribution in [-0.4, -0.2) is 13.6 Å². The lowest BCUT2D eigenvalue weighted by atomic mass is 9.87. The van der Waals surface area contributed by atoms with Gasteiger partial charge in [-0.2, -0.15) is 0 Å². The lowest BCUT2D eigenvalue weighted by Gasteiger charge is -2.23. The first-order valence-electron chi connectivity index (χ1n) is 4.27. The SMILES string of the molecule is CCCCC(C)(C)CNC. The molecule has 0 spiro atoms. The maximum Gasteiger partial charge on any atom is -0.0000488 e. The molecule has 0 aromatic carbocycles. The van der Waals surface area contributed by atoms with Gasteiger partial charge in [0, 0.05) is 0 Å². The monoisotopic (exact) mass is 143 g/mol. The van der Waals surface area contributed by atoms with E-state index in [0.717, 1.165) is 6.54 Å². The fourth-order valence-corrected chi connectivity index (χ4v) is 1.22. The molecule has 0 aliphatic rings. The third-order valence-electron chi connectivity index (χ3n) is 1.86. The van der Waals surface area contributed by atoms with Crippen LogP contribution >= 0.6 is 0 Å². The Balaban J connectivity index is 3.42. The van der Waals surface area contributed by atoms with Crippen molar-refractivity contribution in [1.29, 1.82) is 0 Å². The van der Waals surface area contributed by atoms with Crippen LogP contribution in [0.5, 0.6) is 0 Å². The summed E-state index contributed by atoms with van der Waals surface area (Å²) in [7, 11) is 2.02. The molecule has 0 aromatic rings. The highest BCUT2D eigenvalue weighted by Crippen LogP contribution is 2.21. The van der Waals surface area contributed by atoms with E-state index in [-0.39, 0.29) is 0 Å². The Morgan fingerprint density at radius 3 is 2.30 bits per heavy atom. The van der Waals surface area contributed by atoms with Gasteiger partial charge >= 0.3 is 0 Å². The predicted octanol–water partition coefficient (Wildman–Crippen LogP) is 2.42. The second-order valence-electron chi connectivity index (χ2n) is 3.80. The van der Waals surface area contributed by atoms with Crippen LogP contribution in [0.1, 0.15) is 40.0 Å². The molecule has 62 valence electrons. The molecule has 0 aliphatic heterocycles. The fraction of sp³-hybridized carbons (Fsp3) is 1.00. The van der Waals surface area contributed by atoms with Gasteiger partial charge in [0.05, 0.1) is 0 Å². The molecule has 0 aromatic heterocycles. The van der Waals surface area contributed by atoms with E-state index in [9.17, 15) is 0 Å². The zero-order valence-electron chi connectivity index (χ0n) is 7.83. The van der Waals surface area contributed by atoms with Gasteiger partial charge in [-0.05, 0) is 25.4 Å². The predicted molar refractivity (Wildman–Crippen MR) is 47.2 cm³/mol. The molecule has 0 amide bonds. The highest BCUT2D eigenvalue weighted by atomic mass is 14.8. The molecule has 0 unspecified atom stereocenters. The van der Waals surface area contributed by atoms with E-state index in [4.69, 9.17) is 0 Å². The quantitative estimate of drug-likeness (QED) is 0.623. The average molecular weight is 143 g/mol. The summed E-state index contributed by atoms with van der Waals surface area (Å²) in [6.07, 6.45) is 4.01. The van der Waals surface area contributed by atoms with Crippen LogP contribution in [0, 0.1) is 5.41 Å². The summed E-state index contributed by atoms with van der Waals surface area (Å²) in [5.74, 6) is 0. The van der Waals surface area contributed by atoms with Crippen molar-refractivity contribution < 1.29 is 0 Å². The zero-order valence-corrected chi connectivity index (χ0v) is 7.83. The number of hydrogen-bond donors (Lipinski definition) is 1. The molecular formula is C9H21N. The molecule has 1 N–H and O–H groups in total. The molecule has 0 bridgehead atoms. The number of nitrogens with one attached hydrogen (secondary N) is 1. The minimum atomic E-state index is 0.491. The summed E-state index contributed by atoms with van der Waals surface area (Å²) in [4.78, 5) is 0. The second-order valence-corrected chi connectivity index (χ2v) is 3.80. The number of unbranched alkanes of at least 4 members (excludes halogenated alkanes) is 1. The minimum Gasteiger partial charge on any atom is -0.319 e. The summed E-state index contributed by atoms with van der Waals surface area (Å²) in [5, 5.41) is 3.22. The first-order chi connectivity index (χ1) is 4.62. The van der Waals surface area contributed by atoms with Crippen molar-refractivity contribution in [2.45, 2.75) is 40.0 Å².